The highest BCUT2D eigenvalue weighted by Gasteiger charge is 2.41. The fourth-order valence-corrected chi connectivity index (χ4v) is 2.71. The van der Waals surface area contributed by atoms with Gasteiger partial charge in [-0.2, -0.15) is 0 Å². The molecule has 0 saturated heterocycles. The molecule has 1 fully saturated rings. The van der Waals surface area contributed by atoms with Crippen LogP contribution in [0.1, 0.15) is 32.6 Å². The summed E-state index contributed by atoms with van der Waals surface area (Å²) < 4.78 is 0. The first-order valence-electron chi connectivity index (χ1n) is 6.81. The summed E-state index contributed by atoms with van der Waals surface area (Å²) >= 11 is 0. The van der Waals surface area contributed by atoms with Crippen LogP contribution >= 0.6 is 0 Å². The molecule has 0 aromatic rings. The fraction of sp³-hybridized carbons (Fsp3) is 0.923. The molecule has 0 heterocycles. The summed E-state index contributed by atoms with van der Waals surface area (Å²) in [6.07, 6.45) is 3.68. The number of rotatable bonds is 6. The Balaban J connectivity index is 2.75. The van der Waals surface area contributed by atoms with Gasteiger partial charge in [0.2, 0.25) is 5.91 Å². The lowest BCUT2D eigenvalue weighted by atomic mass is 9.70. The van der Waals surface area contributed by atoms with Crippen molar-refractivity contribution < 1.29 is 15.0 Å². The van der Waals surface area contributed by atoms with Gasteiger partial charge in [-0.3, -0.25) is 4.79 Å². The van der Waals surface area contributed by atoms with Gasteiger partial charge in [0.25, 0.3) is 0 Å². The van der Waals surface area contributed by atoms with Crippen molar-refractivity contribution in [1.29, 1.82) is 0 Å². The minimum Gasteiger partial charge on any atom is -0.395 e. The molecule has 0 radical (unpaired) electrons. The summed E-state index contributed by atoms with van der Waals surface area (Å²) in [4.78, 5) is 14.1. The summed E-state index contributed by atoms with van der Waals surface area (Å²) in [6.45, 7) is 2.94. The molecule has 0 bridgehead atoms. The Kier molecular flexibility index (Phi) is 6.05. The molecule has 1 aliphatic rings. The van der Waals surface area contributed by atoms with Crippen LogP contribution in [0.5, 0.6) is 0 Å². The number of nitrogens with two attached hydrogens (primary N) is 1. The van der Waals surface area contributed by atoms with E-state index >= 15 is 0 Å². The van der Waals surface area contributed by atoms with Gasteiger partial charge in [0.05, 0.1) is 18.6 Å². The summed E-state index contributed by atoms with van der Waals surface area (Å²) in [7, 11) is 0. The van der Waals surface area contributed by atoms with Gasteiger partial charge in [-0.1, -0.05) is 6.92 Å². The number of aliphatic hydroxyl groups is 2. The van der Waals surface area contributed by atoms with E-state index in [1.165, 1.54) is 0 Å². The number of hydrogen-bond acceptors (Lipinski definition) is 4. The van der Waals surface area contributed by atoms with E-state index in [2.05, 4.69) is 6.92 Å². The lowest BCUT2D eigenvalue weighted by Gasteiger charge is -2.40. The van der Waals surface area contributed by atoms with Crippen LogP contribution < -0.4 is 5.73 Å². The standard InChI is InChI=1S/C13H26N2O3/c1-11-2-4-13(10-14,5-3-11)12(18)15(6-8-16)7-9-17/h11,16-17H,2-10,14H2,1H3. The van der Waals surface area contributed by atoms with Crippen LogP contribution in [0.2, 0.25) is 0 Å². The zero-order valence-electron chi connectivity index (χ0n) is 11.3. The van der Waals surface area contributed by atoms with E-state index in [0.29, 0.717) is 12.5 Å². The normalized spacial score (nSPS) is 28.1. The maximum atomic E-state index is 12.6. The van der Waals surface area contributed by atoms with E-state index in [1.54, 1.807) is 4.90 Å². The van der Waals surface area contributed by atoms with Crippen molar-refractivity contribution in [2.24, 2.45) is 17.1 Å². The molecule has 0 aromatic carbocycles. The maximum absolute atomic E-state index is 12.6. The van der Waals surface area contributed by atoms with E-state index in [1.807, 2.05) is 0 Å². The van der Waals surface area contributed by atoms with Crippen LogP contribution in [0, 0.1) is 11.3 Å². The van der Waals surface area contributed by atoms with Crippen LogP contribution in [0.25, 0.3) is 0 Å². The molecule has 0 atom stereocenters. The van der Waals surface area contributed by atoms with E-state index in [9.17, 15) is 4.79 Å². The molecular formula is C13H26N2O3. The Bertz CT molecular complexity index is 257. The number of nitrogens with zero attached hydrogens (tertiary/aromatic N) is 1. The first kappa shape index (κ1) is 15.4. The van der Waals surface area contributed by atoms with Gasteiger partial charge in [0.1, 0.15) is 0 Å². The molecule has 0 aliphatic heterocycles. The second kappa shape index (κ2) is 7.07. The zero-order chi connectivity index (χ0) is 13.6. The SMILES string of the molecule is CC1CCC(CN)(C(=O)N(CCO)CCO)CC1. The number of carbonyl (C=O) groups excluding carboxylic acids is 1. The summed E-state index contributed by atoms with van der Waals surface area (Å²) in [6, 6.07) is 0. The van der Waals surface area contributed by atoms with E-state index in [4.69, 9.17) is 15.9 Å². The average molecular weight is 258 g/mol. The van der Waals surface area contributed by atoms with Gasteiger partial charge < -0.3 is 20.8 Å². The van der Waals surface area contributed by atoms with Crippen molar-refractivity contribution in [1.82, 2.24) is 4.90 Å². The first-order chi connectivity index (χ1) is 8.59. The quantitative estimate of drug-likeness (QED) is 0.623. The highest BCUT2D eigenvalue weighted by atomic mass is 16.3. The van der Waals surface area contributed by atoms with Gasteiger partial charge in [-0.05, 0) is 31.6 Å². The van der Waals surface area contributed by atoms with Crippen LogP contribution in [0.3, 0.4) is 0 Å². The topological polar surface area (TPSA) is 86.8 Å². The number of amides is 1. The van der Waals surface area contributed by atoms with Gasteiger partial charge in [0, 0.05) is 19.6 Å². The Morgan fingerprint density at radius 3 is 2.17 bits per heavy atom. The molecule has 0 spiro atoms. The van der Waals surface area contributed by atoms with Crippen LogP contribution in [0.4, 0.5) is 0 Å². The van der Waals surface area contributed by atoms with E-state index in [0.717, 1.165) is 25.7 Å². The van der Waals surface area contributed by atoms with Crippen molar-refractivity contribution >= 4 is 5.91 Å². The van der Waals surface area contributed by atoms with Crippen LogP contribution in [-0.4, -0.2) is 53.9 Å². The van der Waals surface area contributed by atoms with Crippen LogP contribution in [0.15, 0.2) is 0 Å². The molecule has 106 valence electrons. The molecule has 1 amide bonds. The molecule has 1 rings (SSSR count). The minimum atomic E-state index is -0.475. The highest BCUT2D eigenvalue weighted by Crippen LogP contribution is 2.39. The fourth-order valence-electron chi connectivity index (χ4n) is 2.71. The molecule has 0 aromatic heterocycles. The van der Waals surface area contributed by atoms with Crippen molar-refractivity contribution in [2.45, 2.75) is 32.6 Å². The lowest BCUT2D eigenvalue weighted by molar-refractivity contribution is -0.145. The van der Waals surface area contributed by atoms with Gasteiger partial charge in [-0.15, -0.1) is 0 Å². The number of hydrogen-bond donors (Lipinski definition) is 3. The third-order valence-electron chi connectivity index (χ3n) is 4.10. The Morgan fingerprint density at radius 2 is 1.78 bits per heavy atom. The predicted octanol–water partition coefficient (Wildman–Crippen LogP) is -0.0452. The lowest BCUT2D eigenvalue weighted by Crippen LogP contribution is -2.51. The Morgan fingerprint density at radius 1 is 1.28 bits per heavy atom. The molecule has 5 heteroatoms. The van der Waals surface area contributed by atoms with Gasteiger partial charge in [0.15, 0.2) is 0 Å². The Labute approximate surface area is 109 Å². The molecule has 18 heavy (non-hydrogen) atoms. The second-order valence-electron chi connectivity index (χ2n) is 5.41. The van der Waals surface area contributed by atoms with Gasteiger partial charge in [-0.25, -0.2) is 0 Å². The minimum absolute atomic E-state index is 0.000000000000000666. The molecular weight excluding hydrogens is 232 g/mol. The molecule has 5 nitrogen and oxygen atoms in total. The van der Waals surface area contributed by atoms with Gasteiger partial charge >= 0.3 is 0 Å². The molecule has 0 unspecified atom stereocenters. The summed E-state index contributed by atoms with van der Waals surface area (Å²) in [5.74, 6) is 0.654. The zero-order valence-corrected chi connectivity index (χ0v) is 11.3. The molecule has 1 saturated carbocycles. The largest absolute Gasteiger partial charge is 0.395 e. The highest BCUT2D eigenvalue weighted by molar-refractivity contribution is 5.83. The third kappa shape index (κ3) is 3.43. The number of aliphatic hydroxyl groups excluding tert-OH is 2. The predicted molar refractivity (Wildman–Crippen MR) is 69.9 cm³/mol. The second-order valence-corrected chi connectivity index (χ2v) is 5.41. The molecule has 1 aliphatic carbocycles. The van der Waals surface area contributed by atoms with Crippen molar-refractivity contribution in [3.05, 3.63) is 0 Å². The number of carbonyl (C=O) groups is 1. The van der Waals surface area contributed by atoms with Crippen molar-refractivity contribution in [3.63, 3.8) is 0 Å². The van der Waals surface area contributed by atoms with Crippen molar-refractivity contribution in [2.75, 3.05) is 32.8 Å². The van der Waals surface area contributed by atoms with Crippen LogP contribution in [-0.2, 0) is 4.79 Å². The first-order valence-corrected chi connectivity index (χ1v) is 6.81. The third-order valence-corrected chi connectivity index (χ3v) is 4.10. The maximum Gasteiger partial charge on any atom is 0.230 e. The van der Waals surface area contributed by atoms with E-state index < -0.39 is 5.41 Å². The monoisotopic (exact) mass is 258 g/mol. The summed E-state index contributed by atoms with van der Waals surface area (Å²) in [5.41, 5.74) is 5.37. The van der Waals surface area contributed by atoms with E-state index in [-0.39, 0.29) is 32.2 Å². The smallest absolute Gasteiger partial charge is 0.230 e. The Hall–Kier alpha value is -0.650. The molecule has 4 N–H and O–H groups in total. The van der Waals surface area contributed by atoms with Crippen molar-refractivity contribution in [3.8, 4) is 0 Å². The average Bonchev–Trinajstić information content (AvgIpc) is 2.39. The summed E-state index contributed by atoms with van der Waals surface area (Å²) in [5, 5.41) is 18.0.